The van der Waals surface area contributed by atoms with Gasteiger partial charge in [0.15, 0.2) is 0 Å². The van der Waals surface area contributed by atoms with Crippen molar-refractivity contribution in [1.29, 1.82) is 0 Å². The summed E-state index contributed by atoms with van der Waals surface area (Å²) < 4.78 is 5.35. The quantitative estimate of drug-likeness (QED) is 0.669. The minimum Gasteiger partial charge on any atom is -0.380 e. The van der Waals surface area contributed by atoms with Crippen LogP contribution in [0.25, 0.3) is 0 Å². The first-order valence-corrected chi connectivity index (χ1v) is 5.11. The molecule has 0 spiro atoms. The number of aromatic nitrogens is 1. The van der Waals surface area contributed by atoms with E-state index >= 15 is 0 Å². The van der Waals surface area contributed by atoms with Crippen molar-refractivity contribution in [1.82, 2.24) is 10.3 Å². The molecule has 0 aliphatic carbocycles. The molecule has 0 radical (unpaired) electrons. The van der Waals surface area contributed by atoms with E-state index in [-0.39, 0.29) is 0 Å². The lowest BCUT2D eigenvalue weighted by Crippen LogP contribution is -2.19. The average Bonchev–Trinajstić information content (AvgIpc) is 2.25. The van der Waals surface area contributed by atoms with E-state index in [0.29, 0.717) is 0 Å². The van der Waals surface area contributed by atoms with E-state index in [0.717, 1.165) is 32.7 Å². The zero-order valence-electron chi connectivity index (χ0n) is 8.70. The van der Waals surface area contributed by atoms with Crippen molar-refractivity contribution in [2.45, 2.75) is 19.9 Å². The highest BCUT2D eigenvalue weighted by Gasteiger charge is 1.90. The fourth-order valence-electron chi connectivity index (χ4n) is 1.12. The van der Waals surface area contributed by atoms with Crippen LogP contribution in [0.15, 0.2) is 24.5 Å². The van der Waals surface area contributed by atoms with Crippen molar-refractivity contribution < 1.29 is 4.74 Å². The van der Waals surface area contributed by atoms with Crippen LogP contribution in [0.2, 0.25) is 0 Å². The van der Waals surface area contributed by atoms with Gasteiger partial charge in [-0.15, -0.1) is 0 Å². The molecule has 1 heterocycles. The number of hydrogen-bond donors (Lipinski definition) is 1. The Bertz CT molecular complexity index is 226. The number of nitrogens with zero attached hydrogens (tertiary/aromatic N) is 1. The fraction of sp³-hybridized carbons (Fsp3) is 0.545. The normalized spacial score (nSPS) is 10.4. The van der Waals surface area contributed by atoms with E-state index in [4.69, 9.17) is 4.74 Å². The first-order chi connectivity index (χ1) is 6.93. The number of ether oxygens (including phenoxy) is 1. The molecule has 3 heteroatoms. The van der Waals surface area contributed by atoms with Crippen molar-refractivity contribution >= 4 is 0 Å². The van der Waals surface area contributed by atoms with Crippen LogP contribution in [0.4, 0.5) is 0 Å². The number of rotatable bonds is 7. The van der Waals surface area contributed by atoms with E-state index < -0.39 is 0 Å². The molecule has 0 atom stereocenters. The SMILES string of the molecule is CCCOCCNCc1ccncc1. The molecular formula is C11H18N2O. The summed E-state index contributed by atoms with van der Waals surface area (Å²) in [6.45, 7) is 5.56. The first kappa shape index (κ1) is 11.1. The number of nitrogens with one attached hydrogen (secondary N) is 1. The van der Waals surface area contributed by atoms with Gasteiger partial charge in [-0.25, -0.2) is 0 Å². The third-order valence-corrected chi connectivity index (χ3v) is 1.85. The summed E-state index contributed by atoms with van der Waals surface area (Å²) in [5, 5.41) is 3.31. The second-order valence-corrected chi connectivity index (χ2v) is 3.14. The van der Waals surface area contributed by atoms with Crippen LogP contribution in [0.3, 0.4) is 0 Å². The molecule has 1 N–H and O–H groups in total. The largest absolute Gasteiger partial charge is 0.380 e. The molecule has 0 aliphatic rings. The van der Waals surface area contributed by atoms with Gasteiger partial charge in [0.2, 0.25) is 0 Å². The molecule has 0 amide bonds. The van der Waals surface area contributed by atoms with Gasteiger partial charge in [0.25, 0.3) is 0 Å². The summed E-state index contributed by atoms with van der Waals surface area (Å²) in [6.07, 6.45) is 4.71. The van der Waals surface area contributed by atoms with Crippen LogP contribution in [0.5, 0.6) is 0 Å². The molecule has 0 bridgehead atoms. The molecule has 0 aromatic carbocycles. The minimum absolute atomic E-state index is 0.791. The Labute approximate surface area is 85.5 Å². The van der Waals surface area contributed by atoms with E-state index in [1.165, 1.54) is 5.56 Å². The number of pyridine rings is 1. The summed E-state index contributed by atoms with van der Waals surface area (Å²) in [5.41, 5.74) is 1.26. The summed E-state index contributed by atoms with van der Waals surface area (Å²) in [6, 6.07) is 4.03. The minimum atomic E-state index is 0.791. The lowest BCUT2D eigenvalue weighted by molar-refractivity contribution is 0.136. The first-order valence-electron chi connectivity index (χ1n) is 5.11. The van der Waals surface area contributed by atoms with Crippen molar-refractivity contribution in [2.75, 3.05) is 19.8 Å². The fourth-order valence-corrected chi connectivity index (χ4v) is 1.12. The lowest BCUT2D eigenvalue weighted by Gasteiger charge is -2.04. The molecule has 0 unspecified atom stereocenters. The molecule has 78 valence electrons. The molecule has 0 saturated heterocycles. The van der Waals surface area contributed by atoms with Crippen LogP contribution in [0.1, 0.15) is 18.9 Å². The van der Waals surface area contributed by atoms with Gasteiger partial charge < -0.3 is 10.1 Å². The molecule has 3 nitrogen and oxygen atoms in total. The van der Waals surface area contributed by atoms with Gasteiger partial charge in [-0.1, -0.05) is 6.92 Å². The standard InChI is InChI=1S/C11H18N2O/c1-2-8-14-9-7-13-10-11-3-5-12-6-4-11/h3-6,13H,2,7-10H2,1H3. The molecular weight excluding hydrogens is 176 g/mol. The van der Waals surface area contributed by atoms with Crippen LogP contribution < -0.4 is 5.32 Å². The predicted octanol–water partition coefficient (Wildman–Crippen LogP) is 1.60. The summed E-state index contributed by atoms with van der Waals surface area (Å²) in [4.78, 5) is 3.96. The Kier molecular flexibility index (Phi) is 5.95. The Balaban J connectivity index is 1.99. The zero-order valence-corrected chi connectivity index (χ0v) is 8.70. The topological polar surface area (TPSA) is 34.1 Å². The highest BCUT2D eigenvalue weighted by atomic mass is 16.5. The molecule has 14 heavy (non-hydrogen) atoms. The van der Waals surface area contributed by atoms with Crippen LogP contribution in [0, 0.1) is 0 Å². The van der Waals surface area contributed by atoms with Crippen molar-refractivity contribution in [2.24, 2.45) is 0 Å². The maximum absolute atomic E-state index is 5.35. The van der Waals surface area contributed by atoms with Gasteiger partial charge in [-0.2, -0.15) is 0 Å². The summed E-state index contributed by atoms with van der Waals surface area (Å²) in [5.74, 6) is 0. The third kappa shape index (κ3) is 4.94. The van der Waals surface area contributed by atoms with Crippen LogP contribution >= 0.6 is 0 Å². The van der Waals surface area contributed by atoms with Gasteiger partial charge in [-0.3, -0.25) is 4.98 Å². The van der Waals surface area contributed by atoms with Crippen molar-refractivity contribution in [3.05, 3.63) is 30.1 Å². The van der Waals surface area contributed by atoms with E-state index in [1.807, 2.05) is 24.5 Å². The Morgan fingerprint density at radius 1 is 1.29 bits per heavy atom. The van der Waals surface area contributed by atoms with Gasteiger partial charge in [-0.05, 0) is 24.1 Å². The van der Waals surface area contributed by atoms with E-state index in [9.17, 15) is 0 Å². The monoisotopic (exact) mass is 194 g/mol. The average molecular weight is 194 g/mol. The van der Waals surface area contributed by atoms with Gasteiger partial charge in [0, 0.05) is 32.1 Å². The molecule has 1 aromatic heterocycles. The number of hydrogen-bond acceptors (Lipinski definition) is 3. The van der Waals surface area contributed by atoms with E-state index in [2.05, 4.69) is 17.2 Å². The second-order valence-electron chi connectivity index (χ2n) is 3.14. The maximum atomic E-state index is 5.35. The van der Waals surface area contributed by atoms with Gasteiger partial charge in [0.1, 0.15) is 0 Å². The van der Waals surface area contributed by atoms with Crippen LogP contribution in [-0.4, -0.2) is 24.7 Å². The van der Waals surface area contributed by atoms with E-state index in [1.54, 1.807) is 0 Å². The Morgan fingerprint density at radius 2 is 2.07 bits per heavy atom. The maximum Gasteiger partial charge on any atom is 0.0591 e. The molecule has 1 aromatic rings. The van der Waals surface area contributed by atoms with Gasteiger partial charge in [0.05, 0.1) is 6.61 Å². The van der Waals surface area contributed by atoms with Gasteiger partial charge >= 0.3 is 0 Å². The Morgan fingerprint density at radius 3 is 2.79 bits per heavy atom. The molecule has 0 saturated carbocycles. The third-order valence-electron chi connectivity index (χ3n) is 1.85. The van der Waals surface area contributed by atoms with Crippen LogP contribution in [-0.2, 0) is 11.3 Å². The van der Waals surface area contributed by atoms with Crippen molar-refractivity contribution in [3.8, 4) is 0 Å². The zero-order chi connectivity index (χ0) is 10.1. The lowest BCUT2D eigenvalue weighted by atomic mass is 10.3. The Hall–Kier alpha value is -0.930. The van der Waals surface area contributed by atoms with Crippen molar-refractivity contribution in [3.63, 3.8) is 0 Å². The molecule has 0 aliphatic heterocycles. The highest BCUT2D eigenvalue weighted by molar-refractivity contribution is 5.08. The predicted molar refractivity (Wildman–Crippen MR) is 57.1 cm³/mol. The smallest absolute Gasteiger partial charge is 0.0591 e. The summed E-state index contributed by atoms with van der Waals surface area (Å²) in [7, 11) is 0. The molecule has 1 rings (SSSR count). The molecule has 0 fully saturated rings. The highest BCUT2D eigenvalue weighted by Crippen LogP contribution is 1.94. The summed E-state index contributed by atoms with van der Waals surface area (Å²) >= 11 is 0. The second kappa shape index (κ2) is 7.47.